The summed E-state index contributed by atoms with van der Waals surface area (Å²) in [6.45, 7) is 0.363. The molecule has 0 bridgehead atoms. The molecule has 17 heavy (non-hydrogen) atoms. The summed E-state index contributed by atoms with van der Waals surface area (Å²) in [7, 11) is -3.57. The first-order chi connectivity index (χ1) is 7.87. The highest BCUT2D eigenvalue weighted by Crippen LogP contribution is 2.40. The zero-order valence-electron chi connectivity index (χ0n) is 9.41. The number of likely N-dealkylation sites (tertiary alicyclic amines) is 1. The van der Waals surface area contributed by atoms with Crippen LogP contribution in [0.1, 0.15) is 12.8 Å². The maximum Gasteiger partial charge on any atom is 0.326 e. The van der Waals surface area contributed by atoms with Crippen LogP contribution in [0.5, 0.6) is 0 Å². The van der Waals surface area contributed by atoms with E-state index in [0.717, 1.165) is 0 Å². The molecule has 0 aromatic heterocycles. The summed E-state index contributed by atoms with van der Waals surface area (Å²) in [4.78, 5) is 33.2. The van der Waals surface area contributed by atoms with Crippen LogP contribution in [0.15, 0.2) is 0 Å². The molecule has 0 radical (unpaired) electrons. The van der Waals surface area contributed by atoms with Gasteiger partial charge in [0.05, 0.1) is 0 Å². The van der Waals surface area contributed by atoms with Crippen LogP contribution in [-0.4, -0.2) is 58.2 Å². The van der Waals surface area contributed by atoms with E-state index < -0.39 is 31.4 Å². The molecule has 98 valence electrons. The molecule has 1 aliphatic rings. The second-order valence-corrected chi connectivity index (χ2v) is 6.56. The van der Waals surface area contributed by atoms with Gasteiger partial charge in [0.15, 0.2) is 0 Å². The molecular formula is C9H17N2O5P. The molecule has 7 nitrogen and oxygen atoms in total. The summed E-state index contributed by atoms with van der Waals surface area (Å²) >= 11 is 0. The molecule has 1 heterocycles. The molecule has 1 fully saturated rings. The lowest BCUT2D eigenvalue weighted by molar-refractivity contribution is -0.147. The van der Waals surface area contributed by atoms with Crippen LogP contribution in [0.3, 0.4) is 0 Å². The number of amides is 1. The van der Waals surface area contributed by atoms with E-state index in [-0.39, 0.29) is 12.7 Å². The van der Waals surface area contributed by atoms with Crippen molar-refractivity contribution in [3.63, 3.8) is 0 Å². The number of carboxylic acid groups (broad SMARTS) is 1. The lowest BCUT2D eigenvalue weighted by Gasteiger charge is -2.22. The van der Waals surface area contributed by atoms with Gasteiger partial charge in [0.1, 0.15) is 12.2 Å². The molecule has 1 saturated heterocycles. The van der Waals surface area contributed by atoms with Crippen LogP contribution in [-0.2, 0) is 14.2 Å². The molecular weight excluding hydrogens is 247 g/mol. The summed E-state index contributed by atoms with van der Waals surface area (Å²) < 4.78 is 11.5. The van der Waals surface area contributed by atoms with Crippen LogP contribution in [0, 0.1) is 0 Å². The van der Waals surface area contributed by atoms with E-state index in [1.165, 1.54) is 4.90 Å². The Kier molecular flexibility index (Phi) is 4.68. The van der Waals surface area contributed by atoms with Crippen LogP contribution in [0.2, 0.25) is 0 Å². The highest BCUT2D eigenvalue weighted by Gasteiger charge is 2.36. The largest absolute Gasteiger partial charge is 0.480 e. The molecule has 0 aromatic rings. The Hall–Kier alpha value is -0.910. The molecule has 1 rings (SSSR count). The molecule has 1 amide bonds. The third-order valence-electron chi connectivity index (χ3n) is 2.72. The quantitative estimate of drug-likeness (QED) is 0.564. The van der Waals surface area contributed by atoms with Gasteiger partial charge in [0.25, 0.3) is 0 Å². The number of carboxylic acids is 1. The van der Waals surface area contributed by atoms with Crippen molar-refractivity contribution in [1.29, 1.82) is 0 Å². The fourth-order valence-corrected chi connectivity index (χ4v) is 3.07. The van der Waals surface area contributed by atoms with Gasteiger partial charge in [-0.25, -0.2) is 4.79 Å². The number of nitrogens with zero attached hydrogens (tertiary/aromatic N) is 1. The Morgan fingerprint density at radius 3 is 2.65 bits per heavy atom. The molecule has 0 spiro atoms. The predicted octanol–water partition coefficient (Wildman–Crippen LogP) is -0.709. The lowest BCUT2D eigenvalue weighted by atomic mass is 10.2. The zero-order chi connectivity index (χ0) is 13.1. The van der Waals surface area contributed by atoms with Gasteiger partial charge in [-0.2, -0.15) is 0 Å². The van der Waals surface area contributed by atoms with Gasteiger partial charge in [-0.1, -0.05) is 0 Å². The van der Waals surface area contributed by atoms with E-state index in [1.54, 1.807) is 0 Å². The van der Waals surface area contributed by atoms with Crippen LogP contribution in [0.4, 0.5) is 0 Å². The third-order valence-corrected chi connectivity index (χ3v) is 4.44. The first-order valence-corrected chi connectivity index (χ1v) is 7.43. The van der Waals surface area contributed by atoms with Gasteiger partial charge in [-0.15, -0.1) is 0 Å². The van der Waals surface area contributed by atoms with Crippen molar-refractivity contribution in [2.75, 3.05) is 25.4 Å². The fourth-order valence-electron chi connectivity index (χ4n) is 1.90. The van der Waals surface area contributed by atoms with E-state index in [0.29, 0.717) is 19.4 Å². The van der Waals surface area contributed by atoms with Gasteiger partial charge < -0.3 is 20.6 Å². The highest BCUT2D eigenvalue weighted by molar-refractivity contribution is 7.59. The maximum absolute atomic E-state index is 11.7. The molecule has 1 unspecified atom stereocenters. The van der Waals surface area contributed by atoms with Crippen LogP contribution >= 0.6 is 7.37 Å². The Labute approximate surface area is 99.0 Å². The minimum atomic E-state index is -3.57. The SMILES string of the molecule is NCCP(=O)(O)CC(=O)N1CCC[C@H]1C(=O)O. The van der Waals surface area contributed by atoms with Crippen LogP contribution in [0.25, 0.3) is 0 Å². The number of carbonyl (C=O) groups excluding carboxylic acids is 1. The second kappa shape index (κ2) is 5.62. The molecule has 2 atom stereocenters. The number of aliphatic carboxylic acids is 1. The molecule has 0 aliphatic carbocycles. The summed E-state index contributed by atoms with van der Waals surface area (Å²) in [6, 6.07) is -0.861. The number of rotatable bonds is 5. The minimum Gasteiger partial charge on any atom is -0.480 e. The van der Waals surface area contributed by atoms with E-state index in [9.17, 15) is 19.0 Å². The van der Waals surface area contributed by atoms with Crippen molar-refractivity contribution in [1.82, 2.24) is 4.90 Å². The van der Waals surface area contributed by atoms with Crippen molar-refractivity contribution in [2.24, 2.45) is 5.73 Å². The Bertz CT molecular complexity index is 359. The predicted molar refractivity (Wildman–Crippen MR) is 61.0 cm³/mol. The van der Waals surface area contributed by atoms with Crippen molar-refractivity contribution in [2.45, 2.75) is 18.9 Å². The summed E-state index contributed by atoms with van der Waals surface area (Å²) in [5.41, 5.74) is 5.17. The summed E-state index contributed by atoms with van der Waals surface area (Å²) in [5, 5.41) is 8.89. The number of hydrogen-bond donors (Lipinski definition) is 3. The maximum atomic E-state index is 11.7. The molecule has 4 N–H and O–H groups in total. The van der Waals surface area contributed by atoms with E-state index in [2.05, 4.69) is 0 Å². The van der Waals surface area contributed by atoms with E-state index in [4.69, 9.17) is 10.8 Å². The van der Waals surface area contributed by atoms with E-state index >= 15 is 0 Å². The summed E-state index contributed by atoms with van der Waals surface area (Å²) in [5.74, 6) is -1.64. The molecule has 1 aliphatic heterocycles. The van der Waals surface area contributed by atoms with Crippen molar-refractivity contribution in [3.05, 3.63) is 0 Å². The number of nitrogens with two attached hydrogens (primary N) is 1. The average molecular weight is 264 g/mol. The highest BCUT2D eigenvalue weighted by atomic mass is 31.2. The second-order valence-electron chi connectivity index (χ2n) is 4.10. The van der Waals surface area contributed by atoms with Crippen molar-refractivity contribution in [3.8, 4) is 0 Å². The Morgan fingerprint density at radius 1 is 1.47 bits per heavy atom. The average Bonchev–Trinajstić information content (AvgIpc) is 2.64. The van der Waals surface area contributed by atoms with Crippen LogP contribution < -0.4 is 5.73 Å². The van der Waals surface area contributed by atoms with Gasteiger partial charge in [0, 0.05) is 19.3 Å². The first-order valence-electron chi connectivity index (χ1n) is 5.40. The van der Waals surface area contributed by atoms with Crippen molar-refractivity contribution < 1.29 is 24.2 Å². The van der Waals surface area contributed by atoms with Gasteiger partial charge in [-0.3, -0.25) is 9.36 Å². The zero-order valence-corrected chi connectivity index (χ0v) is 10.3. The minimum absolute atomic E-state index is 0.0312. The lowest BCUT2D eigenvalue weighted by Crippen LogP contribution is -2.41. The normalized spacial score (nSPS) is 23.4. The van der Waals surface area contributed by atoms with Gasteiger partial charge >= 0.3 is 5.97 Å². The third kappa shape index (κ3) is 3.80. The molecule has 0 saturated carbocycles. The molecule has 8 heteroatoms. The number of carbonyl (C=O) groups is 2. The van der Waals surface area contributed by atoms with Gasteiger partial charge in [0.2, 0.25) is 13.3 Å². The monoisotopic (exact) mass is 264 g/mol. The number of hydrogen-bond acceptors (Lipinski definition) is 4. The Balaban J connectivity index is 2.64. The smallest absolute Gasteiger partial charge is 0.326 e. The fraction of sp³-hybridized carbons (Fsp3) is 0.778. The van der Waals surface area contributed by atoms with Crippen molar-refractivity contribution >= 4 is 19.2 Å². The standard InChI is InChI=1S/C9H17N2O5P/c10-3-5-17(15,16)6-8(12)11-4-1-2-7(11)9(13)14/h7H,1-6,10H2,(H,13,14)(H,15,16)/t7-/m0/s1. The molecule has 0 aromatic carbocycles. The first kappa shape index (κ1) is 14.2. The van der Waals surface area contributed by atoms with E-state index in [1.807, 2.05) is 0 Å². The topological polar surface area (TPSA) is 121 Å². The summed E-state index contributed by atoms with van der Waals surface area (Å²) in [6.07, 6.45) is 0.362. The Morgan fingerprint density at radius 2 is 2.12 bits per heavy atom. The van der Waals surface area contributed by atoms with Gasteiger partial charge in [-0.05, 0) is 12.8 Å².